The molecular weight excluding hydrogens is 268 g/mol. The summed E-state index contributed by atoms with van der Waals surface area (Å²) in [5.74, 6) is 0. The molecule has 1 aromatic rings. The van der Waals surface area contributed by atoms with E-state index >= 15 is 0 Å². The molecule has 0 aliphatic heterocycles. The third-order valence-electron chi connectivity index (χ3n) is 2.08. The van der Waals surface area contributed by atoms with Gasteiger partial charge in [0.15, 0.2) is 6.29 Å². The molecule has 6 heteroatoms. The van der Waals surface area contributed by atoms with Crippen LogP contribution in [0.15, 0.2) is 12.1 Å². The predicted octanol–water partition coefficient (Wildman–Crippen LogP) is 2.61. The summed E-state index contributed by atoms with van der Waals surface area (Å²) < 4.78 is 5.10. The molecule has 1 heterocycles. The second-order valence-corrected chi connectivity index (χ2v) is 5.41. The number of pyridine rings is 1. The summed E-state index contributed by atoms with van der Waals surface area (Å²) in [6.07, 6.45) is 0.710. The highest BCUT2D eigenvalue weighted by atomic mass is 35.5. The molecule has 19 heavy (non-hydrogen) atoms. The van der Waals surface area contributed by atoms with E-state index in [9.17, 15) is 9.59 Å². The van der Waals surface area contributed by atoms with E-state index < -0.39 is 11.7 Å². The number of nitrogens with one attached hydrogen (secondary N) is 1. The Balaban J connectivity index is 2.47. The van der Waals surface area contributed by atoms with Crippen LogP contribution in [0.3, 0.4) is 0 Å². The van der Waals surface area contributed by atoms with Gasteiger partial charge in [0.25, 0.3) is 0 Å². The smallest absolute Gasteiger partial charge is 0.407 e. The highest BCUT2D eigenvalue weighted by Gasteiger charge is 2.15. The Labute approximate surface area is 117 Å². The molecule has 0 aromatic carbocycles. The van der Waals surface area contributed by atoms with Gasteiger partial charge >= 0.3 is 6.09 Å². The molecule has 104 valence electrons. The minimum atomic E-state index is -0.519. The van der Waals surface area contributed by atoms with Crippen LogP contribution in [0.5, 0.6) is 0 Å². The van der Waals surface area contributed by atoms with E-state index in [1.54, 1.807) is 32.9 Å². The Hall–Kier alpha value is -1.62. The monoisotopic (exact) mass is 284 g/mol. The van der Waals surface area contributed by atoms with Gasteiger partial charge in [0.2, 0.25) is 0 Å². The van der Waals surface area contributed by atoms with Gasteiger partial charge in [0, 0.05) is 6.54 Å². The molecule has 5 nitrogen and oxygen atoms in total. The van der Waals surface area contributed by atoms with Crippen molar-refractivity contribution < 1.29 is 14.3 Å². The number of halogens is 1. The van der Waals surface area contributed by atoms with E-state index in [1.165, 1.54) is 0 Å². The van der Waals surface area contributed by atoms with Gasteiger partial charge in [-0.1, -0.05) is 11.6 Å². The van der Waals surface area contributed by atoms with Gasteiger partial charge in [0.05, 0.1) is 0 Å². The van der Waals surface area contributed by atoms with E-state index in [0.717, 1.165) is 5.56 Å². The Kier molecular flexibility index (Phi) is 5.30. The van der Waals surface area contributed by atoms with Crippen molar-refractivity contribution in [3.05, 3.63) is 28.5 Å². The minimum Gasteiger partial charge on any atom is -0.444 e. The molecule has 0 saturated heterocycles. The average Bonchev–Trinajstić information content (AvgIpc) is 2.25. The number of carbonyl (C=O) groups excluding carboxylic acids is 2. The lowest BCUT2D eigenvalue weighted by molar-refractivity contribution is 0.0528. The number of amides is 1. The van der Waals surface area contributed by atoms with E-state index in [1.807, 2.05) is 0 Å². The standard InChI is InChI=1S/C13H17ClN2O3/c1-13(2,3)19-12(18)15-5-4-9-6-10(8-17)16-11(14)7-9/h6-8H,4-5H2,1-3H3,(H,15,18). The highest BCUT2D eigenvalue weighted by molar-refractivity contribution is 6.29. The number of hydrogen-bond donors (Lipinski definition) is 1. The van der Waals surface area contributed by atoms with Gasteiger partial charge in [-0.3, -0.25) is 4.79 Å². The van der Waals surface area contributed by atoms with E-state index in [0.29, 0.717) is 19.3 Å². The first kappa shape index (κ1) is 15.4. The molecule has 0 fully saturated rings. The second kappa shape index (κ2) is 6.52. The maximum atomic E-state index is 11.4. The molecule has 0 aliphatic rings. The third-order valence-corrected chi connectivity index (χ3v) is 2.27. The summed E-state index contributed by atoms with van der Waals surface area (Å²) in [5.41, 5.74) is 0.590. The number of hydrogen-bond acceptors (Lipinski definition) is 4. The molecule has 1 N–H and O–H groups in total. The lowest BCUT2D eigenvalue weighted by Crippen LogP contribution is -2.33. The number of ether oxygens (including phenoxy) is 1. The van der Waals surface area contributed by atoms with Crippen LogP contribution in [0.25, 0.3) is 0 Å². The second-order valence-electron chi connectivity index (χ2n) is 5.02. The molecule has 1 aromatic heterocycles. The number of aromatic nitrogens is 1. The van der Waals surface area contributed by atoms with Crippen molar-refractivity contribution in [2.75, 3.05) is 6.54 Å². The minimum absolute atomic E-state index is 0.261. The van der Waals surface area contributed by atoms with Gasteiger partial charge in [-0.15, -0.1) is 0 Å². The molecule has 1 rings (SSSR count). The van der Waals surface area contributed by atoms with Crippen LogP contribution in [0.4, 0.5) is 4.79 Å². The summed E-state index contributed by atoms with van der Waals surface area (Å²) in [6.45, 7) is 5.79. The SMILES string of the molecule is CC(C)(C)OC(=O)NCCc1cc(Cl)nc(C=O)c1. The van der Waals surface area contributed by atoms with Gasteiger partial charge in [0.1, 0.15) is 16.4 Å². The summed E-state index contributed by atoms with van der Waals surface area (Å²) >= 11 is 5.78. The fourth-order valence-electron chi connectivity index (χ4n) is 1.40. The van der Waals surface area contributed by atoms with Crippen LogP contribution in [0.2, 0.25) is 5.15 Å². The van der Waals surface area contributed by atoms with Crippen LogP contribution in [0.1, 0.15) is 36.8 Å². The first-order valence-corrected chi connectivity index (χ1v) is 6.26. The van der Waals surface area contributed by atoms with Gasteiger partial charge < -0.3 is 10.1 Å². The number of carbonyl (C=O) groups is 2. The lowest BCUT2D eigenvalue weighted by atomic mass is 10.1. The Morgan fingerprint density at radius 1 is 1.47 bits per heavy atom. The maximum Gasteiger partial charge on any atom is 0.407 e. The number of rotatable bonds is 4. The molecule has 0 atom stereocenters. The zero-order valence-corrected chi connectivity index (χ0v) is 12.0. The number of alkyl carbamates (subject to hydrolysis) is 1. The zero-order valence-electron chi connectivity index (χ0n) is 11.2. The van der Waals surface area contributed by atoms with E-state index in [4.69, 9.17) is 16.3 Å². The van der Waals surface area contributed by atoms with E-state index in [2.05, 4.69) is 10.3 Å². The van der Waals surface area contributed by atoms with Gasteiger partial charge in [-0.2, -0.15) is 0 Å². The summed E-state index contributed by atoms with van der Waals surface area (Å²) in [5, 5.41) is 2.89. The number of aldehydes is 1. The van der Waals surface area contributed by atoms with Crippen LogP contribution in [-0.4, -0.2) is 29.5 Å². The average molecular weight is 285 g/mol. The van der Waals surface area contributed by atoms with Crippen molar-refractivity contribution in [2.24, 2.45) is 0 Å². The lowest BCUT2D eigenvalue weighted by Gasteiger charge is -2.19. The number of nitrogens with zero attached hydrogens (tertiary/aromatic N) is 1. The Bertz CT molecular complexity index is 469. The normalized spacial score (nSPS) is 10.9. The van der Waals surface area contributed by atoms with Crippen LogP contribution < -0.4 is 5.32 Å². The third kappa shape index (κ3) is 6.20. The quantitative estimate of drug-likeness (QED) is 0.682. The first-order chi connectivity index (χ1) is 8.80. The molecule has 1 amide bonds. The summed E-state index contributed by atoms with van der Waals surface area (Å²) in [7, 11) is 0. The van der Waals surface area contributed by atoms with Crippen molar-refractivity contribution in [3.63, 3.8) is 0 Å². The molecule has 0 bridgehead atoms. The topological polar surface area (TPSA) is 68.3 Å². The van der Waals surface area contributed by atoms with Crippen molar-refractivity contribution >= 4 is 24.0 Å². The largest absolute Gasteiger partial charge is 0.444 e. The summed E-state index contributed by atoms with van der Waals surface area (Å²) in [4.78, 5) is 25.9. The summed E-state index contributed by atoms with van der Waals surface area (Å²) in [6, 6.07) is 3.29. The molecule has 0 radical (unpaired) electrons. The molecule has 0 saturated carbocycles. The fraction of sp³-hybridized carbons (Fsp3) is 0.462. The highest BCUT2D eigenvalue weighted by Crippen LogP contribution is 2.10. The molecule has 0 aliphatic carbocycles. The maximum absolute atomic E-state index is 11.4. The first-order valence-electron chi connectivity index (χ1n) is 5.88. The van der Waals surface area contributed by atoms with Crippen molar-refractivity contribution in [3.8, 4) is 0 Å². The van der Waals surface area contributed by atoms with Crippen molar-refractivity contribution in [1.29, 1.82) is 0 Å². The Morgan fingerprint density at radius 3 is 2.74 bits per heavy atom. The van der Waals surface area contributed by atoms with Crippen molar-refractivity contribution in [2.45, 2.75) is 32.8 Å². The molecule has 0 spiro atoms. The Morgan fingerprint density at radius 2 is 2.16 bits per heavy atom. The zero-order chi connectivity index (χ0) is 14.5. The van der Waals surface area contributed by atoms with Crippen molar-refractivity contribution in [1.82, 2.24) is 10.3 Å². The predicted molar refractivity (Wildman–Crippen MR) is 72.6 cm³/mol. The van der Waals surface area contributed by atoms with Crippen LogP contribution in [-0.2, 0) is 11.2 Å². The fourth-order valence-corrected chi connectivity index (χ4v) is 1.64. The molecule has 0 unspecified atom stereocenters. The van der Waals surface area contributed by atoms with Gasteiger partial charge in [-0.25, -0.2) is 9.78 Å². The van der Waals surface area contributed by atoms with E-state index in [-0.39, 0.29) is 10.8 Å². The van der Waals surface area contributed by atoms with Gasteiger partial charge in [-0.05, 0) is 44.9 Å². The van der Waals surface area contributed by atoms with Crippen LogP contribution >= 0.6 is 11.6 Å². The molecular formula is C13H17ClN2O3. The van der Waals surface area contributed by atoms with Crippen LogP contribution in [0, 0.1) is 0 Å².